The highest BCUT2D eigenvalue weighted by molar-refractivity contribution is 5.98. The summed E-state index contributed by atoms with van der Waals surface area (Å²) in [4.78, 5) is 30.9. The van der Waals surface area contributed by atoms with Gasteiger partial charge in [-0.1, -0.05) is 0 Å². The molecule has 8 heteroatoms. The van der Waals surface area contributed by atoms with Gasteiger partial charge in [0.1, 0.15) is 5.82 Å². The van der Waals surface area contributed by atoms with E-state index in [4.69, 9.17) is 0 Å². The predicted molar refractivity (Wildman–Crippen MR) is 66.3 cm³/mol. The standard InChI is InChI=1S/C11H12N6O2/c1-7-14-11(17-16-7)15-9(18)6-13-10(19)8-2-4-12-5-3-8/h2-5H,6H2,1H3,(H,13,19)(H2,14,15,16,17,18). The van der Waals surface area contributed by atoms with Gasteiger partial charge < -0.3 is 5.32 Å². The highest BCUT2D eigenvalue weighted by Gasteiger charge is 2.09. The lowest BCUT2D eigenvalue weighted by Gasteiger charge is -2.04. The largest absolute Gasteiger partial charge is 0.343 e. The molecule has 98 valence electrons. The zero-order chi connectivity index (χ0) is 13.7. The summed E-state index contributed by atoms with van der Waals surface area (Å²) >= 11 is 0. The fourth-order valence-corrected chi connectivity index (χ4v) is 1.33. The van der Waals surface area contributed by atoms with E-state index in [2.05, 4.69) is 30.8 Å². The van der Waals surface area contributed by atoms with Crippen molar-refractivity contribution in [3.8, 4) is 0 Å². The van der Waals surface area contributed by atoms with E-state index in [0.29, 0.717) is 11.4 Å². The van der Waals surface area contributed by atoms with E-state index in [1.54, 1.807) is 19.1 Å². The van der Waals surface area contributed by atoms with Crippen LogP contribution in [0, 0.1) is 6.92 Å². The van der Waals surface area contributed by atoms with Gasteiger partial charge in [0, 0.05) is 18.0 Å². The summed E-state index contributed by atoms with van der Waals surface area (Å²) in [5.74, 6) is 0.0295. The van der Waals surface area contributed by atoms with Crippen molar-refractivity contribution < 1.29 is 9.59 Å². The van der Waals surface area contributed by atoms with Crippen LogP contribution in [0.1, 0.15) is 16.2 Å². The van der Waals surface area contributed by atoms with Crippen LogP contribution in [-0.4, -0.2) is 38.5 Å². The Morgan fingerprint density at radius 3 is 2.68 bits per heavy atom. The zero-order valence-corrected chi connectivity index (χ0v) is 10.2. The number of aryl methyl sites for hydroxylation is 1. The molecule has 0 aromatic carbocycles. The average molecular weight is 260 g/mol. The van der Waals surface area contributed by atoms with Crippen LogP contribution in [0.5, 0.6) is 0 Å². The van der Waals surface area contributed by atoms with Gasteiger partial charge in [-0.3, -0.25) is 25.0 Å². The summed E-state index contributed by atoms with van der Waals surface area (Å²) in [6, 6.07) is 3.12. The molecule has 19 heavy (non-hydrogen) atoms. The Morgan fingerprint density at radius 1 is 1.32 bits per heavy atom. The van der Waals surface area contributed by atoms with E-state index in [0.717, 1.165) is 0 Å². The first-order chi connectivity index (χ1) is 9.15. The summed E-state index contributed by atoms with van der Waals surface area (Å²) in [5, 5.41) is 11.3. The molecule has 2 rings (SSSR count). The Morgan fingerprint density at radius 2 is 2.05 bits per heavy atom. The van der Waals surface area contributed by atoms with Crippen molar-refractivity contribution in [3.63, 3.8) is 0 Å². The number of aromatic nitrogens is 4. The molecule has 0 bridgehead atoms. The van der Waals surface area contributed by atoms with Crippen LogP contribution in [0.25, 0.3) is 0 Å². The Labute approximate surface area is 108 Å². The number of nitrogens with one attached hydrogen (secondary N) is 3. The molecule has 0 spiro atoms. The van der Waals surface area contributed by atoms with Crippen molar-refractivity contribution >= 4 is 17.8 Å². The van der Waals surface area contributed by atoms with Crippen LogP contribution >= 0.6 is 0 Å². The monoisotopic (exact) mass is 260 g/mol. The van der Waals surface area contributed by atoms with E-state index in [9.17, 15) is 9.59 Å². The number of aromatic amines is 1. The van der Waals surface area contributed by atoms with Crippen LogP contribution in [0.4, 0.5) is 5.95 Å². The number of carbonyl (C=O) groups excluding carboxylic acids is 2. The van der Waals surface area contributed by atoms with Gasteiger partial charge in [0.05, 0.1) is 6.54 Å². The number of pyridine rings is 1. The van der Waals surface area contributed by atoms with Gasteiger partial charge in [-0.2, -0.15) is 4.98 Å². The smallest absolute Gasteiger partial charge is 0.251 e. The molecule has 0 saturated carbocycles. The minimum atomic E-state index is -0.401. The van der Waals surface area contributed by atoms with Gasteiger partial charge in [0.2, 0.25) is 11.9 Å². The van der Waals surface area contributed by atoms with E-state index in [-0.39, 0.29) is 18.4 Å². The summed E-state index contributed by atoms with van der Waals surface area (Å²) in [7, 11) is 0. The second-order valence-corrected chi connectivity index (χ2v) is 3.71. The minimum absolute atomic E-state index is 0.158. The second-order valence-electron chi connectivity index (χ2n) is 3.71. The maximum Gasteiger partial charge on any atom is 0.251 e. The fourth-order valence-electron chi connectivity index (χ4n) is 1.33. The SMILES string of the molecule is Cc1nc(NC(=O)CNC(=O)c2ccncc2)n[nH]1. The van der Waals surface area contributed by atoms with Crippen molar-refractivity contribution in [2.24, 2.45) is 0 Å². The Balaban J connectivity index is 1.82. The summed E-state index contributed by atoms with van der Waals surface area (Å²) < 4.78 is 0. The van der Waals surface area contributed by atoms with Crippen LogP contribution in [0.3, 0.4) is 0 Å². The van der Waals surface area contributed by atoms with Gasteiger partial charge in [0.25, 0.3) is 5.91 Å². The molecule has 0 aliphatic rings. The summed E-state index contributed by atoms with van der Waals surface area (Å²) in [6.45, 7) is 1.56. The Hall–Kier alpha value is -2.77. The van der Waals surface area contributed by atoms with Gasteiger partial charge >= 0.3 is 0 Å². The zero-order valence-electron chi connectivity index (χ0n) is 10.2. The third kappa shape index (κ3) is 3.60. The maximum absolute atomic E-state index is 11.6. The third-order valence-electron chi connectivity index (χ3n) is 2.20. The van der Waals surface area contributed by atoms with Crippen LogP contribution in [0.2, 0.25) is 0 Å². The first-order valence-corrected chi connectivity index (χ1v) is 5.52. The van der Waals surface area contributed by atoms with E-state index in [1.807, 2.05) is 0 Å². The van der Waals surface area contributed by atoms with Crippen LogP contribution in [0.15, 0.2) is 24.5 Å². The van der Waals surface area contributed by atoms with Crippen molar-refractivity contribution in [3.05, 3.63) is 35.9 Å². The molecule has 0 aliphatic heterocycles. The first-order valence-electron chi connectivity index (χ1n) is 5.52. The van der Waals surface area contributed by atoms with Crippen molar-refractivity contribution in [1.29, 1.82) is 0 Å². The Kier molecular flexibility index (Phi) is 3.81. The number of amides is 2. The normalized spacial score (nSPS) is 9.95. The first kappa shape index (κ1) is 12.7. The summed E-state index contributed by atoms with van der Waals surface area (Å²) in [6.07, 6.45) is 3.01. The van der Waals surface area contributed by atoms with Crippen molar-refractivity contribution in [2.45, 2.75) is 6.92 Å². The number of hydrogen-bond acceptors (Lipinski definition) is 5. The molecule has 0 atom stereocenters. The molecule has 2 amide bonds. The van der Waals surface area contributed by atoms with Crippen LogP contribution in [-0.2, 0) is 4.79 Å². The molecular formula is C11H12N6O2. The van der Waals surface area contributed by atoms with Crippen molar-refractivity contribution in [1.82, 2.24) is 25.5 Å². The van der Waals surface area contributed by atoms with Gasteiger partial charge in [-0.05, 0) is 19.1 Å². The number of carbonyl (C=O) groups is 2. The number of rotatable bonds is 4. The number of hydrogen-bond donors (Lipinski definition) is 3. The molecule has 0 aliphatic carbocycles. The fraction of sp³-hybridized carbons (Fsp3) is 0.182. The molecule has 0 radical (unpaired) electrons. The van der Waals surface area contributed by atoms with Gasteiger partial charge in [-0.25, -0.2) is 0 Å². The topological polar surface area (TPSA) is 113 Å². The molecule has 2 aromatic heterocycles. The Bertz CT molecular complexity index is 580. The summed E-state index contributed by atoms with van der Waals surface area (Å²) in [5.41, 5.74) is 0.441. The lowest BCUT2D eigenvalue weighted by molar-refractivity contribution is -0.115. The lowest BCUT2D eigenvalue weighted by Crippen LogP contribution is -2.33. The molecule has 2 heterocycles. The molecule has 0 unspecified atom stereocenters. The molecule has 3 N–H and O–H groups in total. The minimum Gasteiger partial charge on any atom is -0.343 e. The number of anilines is 1. The quantitative estimate of drug-likeness (QED) is 0.709. The van der Waals surface area contributed by atoms with E-state index < -0.39 is 5.91 Å². The highest BCUT2D eigenvalue weighted by atomic mass is 16.2. The van der Waals surface area contributed by atoms with E-state index in [1.165, 1.54) is 12.4 Å². The predicted octanol–water partition coefficient (Wildman–Crippen LogP) is -0.123. The average Bonchev–Trinajstić information content (AvgIpc) is 2.82. The highest BCUT2D eigenvalue weighted by Crippen LogP contribution is 1.97. The number of nitrogens with zero attached hydrogens (tertiary/aromatic N) is 3. The maximum atomic E-state index is 11.6. The third-order valence-corrected chi connectivity index (χ3v) is 2.20. The lowest BCUT2D eigenvalue weighted by atomic mass is 10.2. The van der Waals surface area contributed by atoms with E-state index >= 15 is 0 Å². The van der Waals surface area contributed by atoms with Crippen molar-refractivity contribution in [2.75, 3.05) is 11.9 Å². The van der Waals surface area contributed by atoms with Gasteiger partial charge in [0.15, 0.2) is 0 Å². The molecule has 2 aromatic rings. The second kappa shape index (κ2) is 5.71. The van der Waals surface area contributed by atoms with Gasteiger partial charge in [-0.15, -0.1) is 5.10 Å². The number of H-pyrrole nitrogens is 1. The molecule has 8 nitrogen and oxygen atoms in total. The molecular weight excluding hydrogens is 248 g/mol. The molecule has 0 fully saturated rings. The molecule has 0 saturated heterocycles. The van der Waals surface area contributed by atoms with Crippen LogP contribution < -0.4 is 10.6 Å².